The third kappa shape index (κ3) is 3.65. The van der Waals surface area contributed by atoms with E-state index in [4.69, 9.17) is 28.3 Å². The fraction of sp³-hybridized carbons (Fsp3) is 0.333. The van der Waals surface area contributed by atoms with E-state index in [-0.39, 0.29) is 12.3 Å². The van der Waals surface area contributed by atoms with Crippen molar-refractivity contribution in [1.82, 2.24) is 0 Å². The smallest absolute Gasteiger partial charge is 0.216 e. The molecule has 84 valence electrons. The molecule has 0 spiro atoms. The summed E-state index contributed by atoms with van der Waals surface area (Å²) in [5, 5.41) is 4.82. The molecule has 0 aliphatic rings. The van der Waals surface area contributed by atoms with Gasteiger partial charge in [-0.15, -0.1) is 11.6 Å². The summed E-state index contributed by atoms with van der Waals surface area (Å²) < 4.78 is 22.6. The van der Waals surface area contributed by atoms with Crippen molar-refractivity contribution < 1.29 is 8.42 Å². The predicted molar refractivity (Wildman–Crippen MR) is 62.6 cm³/mol. The lowest BCUT2D eigenvalue weighted by molar-refractivity contribution is 0.581. The van der Waals surface area contributed by atoms with E-state index in [1.165, 1.54) is 0 Å². The lowest BCUT2D eigenvalue weighted by Gasteiger charge is -2.13. The predicted octanol–water partition coefficient (Wildman–Crippen LogP) is 2.30. The number of rotatable bonds is 4. The molecule has 2 N–H and O–H groups in total. The van der Waals surface area contributed by atoms with Crippen molar-refractivity contribution in [2.24, 2.45) is 5.14 Å². The molecule has 0 saturated carbocycles. The number of nitrogens with two attached hydrogens (primary N) is 1. The van der Waals surface area contributed by atoms with E-state index >= 15 is 0 Å². The first-order valence-electron chi connectivity index (χ1n) is 4.28. The van der Waals surface area contributed by atoms with Crippen molar-refractivity contribution in [2.75, 3.05) is 5.88 Å². The summed E-state index contributed by atoms with van der Waals surface area (Å²) in [6.07, 6.45) is 0.279. The highest BCUT2D eigenvalue weighted by molar-refractivity contribution is 7.89. The molecule has 0 saturated heterocycles. The Kier molecular flexibility index (Phi) is 4.40. The van der Waals surface area contributed by atoms with Gasteiger partial charge in [-0.2, -0.15) is 0 Å². The van der Waals surface area contributed by atoms with Crippen molar-refractivity contribution in [3.05, 3.63) is 34.9 Å². The molecule has 0 radical (unpaired) electrons. The van der Waals surface area contributed by atoms with Crippen LogP contribution in [-0.2, 0) is 10.0 Å². The van der Waals surface area contributed by atoms with Crippen LogP contribution in [0.1, 0.15) is 17.2 Å². The molecule has 0 heterocycles. The fourth-order valence-corrected chi connectivity index (χ4v) is 2.85. The zero-order valence-electron chi connectivity index (χ0n) is 7.86. The molecule has 0 fully saturated rings. The van der Waals surface area contributed by atoms with Crippen molar-refractivity contribution in [1.29, 1.82) is 0 Å². The monoisotopic (exact) mass is 267 g/mol. The summed E-state index contributed by atoms with van der Waals surface area (Å²) in [7, 11) is -3.64. The SMILES string of the molecule is NS(=O)(=O)C(CCCl)c1cccc(Cl)c1. The van der Waals surface area contributed by atoms with Crippen LogP contribution in [0.5, 0.6) is 0 Å². The Balaban J connectivity index is 3.10. The molecule has 6 heteroatoms. The molecular weight excluding hydrogens is 257 g/mol. The van der Waals surface area contributed by atoms with Gasteiger partial charge in [0.2, 0.25) is 10.0 Å². The van der Waals surface area contributed by atoms with Crippen LogP contribution in [0.25, 0.3) is 0 Å². The Bertz CT molecular complexity index is 433. The number of sulfonamides is 1. The number of alkyl halides is 1. The minimum absolute atomic E-state index is 0.230. The molecule has 1 unspecified atom stereocenters. The first-order chi connectivity index (χ1) is 6.95. The van der Waals surface area contributed by atoms with E-state index in [9.17, 15) is 8.42 Å². The van der Waals surface area contributed by atoms with Gasteiger partial charge in [-0.25, -0.2) is 13.6 Å². The van der Waals surface area contributed by atoms with Gasteiger partial charge in [0.1, 0.15) is 5.25 Å². The van der Waals surface area contributed by atoms with Crippen LogP contribution in [0.15, 0.2) is 24.3 Å². The minimum atomic E-state index is -3.64. The third-order valence-electron chi connectivity index (χ3n) is 1.99. The first-order valence-corrected chi connectivity index (χ1v) is 6.80. The normalized spacial score (nSPS) is 13.8. The van der Waals surface area contributed by atoms with E-state index < -0.39 is 15.3 Å². The third-order valence-corrected chi connectivity index (χ3v) is 3.74. The van der Waals surface area contributed by atoms with E-state index in [1.807, 2.05) is 0 Å². The first kappa shape index (κ1) is 12.8. The van der Waals surface area contributed by atoms with Gasteiger partial charge in [-0.05, 0) is 24.1 Å². The van der Waals surface area contributed by atoms with Crippen LogP contribution >= 0.6 is 23.2 Å². The van der Waals surface area contributed by atoms with E-state index in [2.05, 4.69) is 0 Å². The average Bonchev–Trinajstić information content (AvgIpc) is 2.12. The topological polar surface area (TPSA) is 60.2 Å². The second-order valence-electron chi connectivity index (χ2n) is 3.11. The molecule has 0 aliphatic heterocycles. The number of hydrogen-bond donors (Lipinski definition) is 1. The van der Waals surface area contributed by atoms with Crippen LogP contribution in [-0.4, -0.2) is 14.3 Å². The van der Waals surface area contributed by atoms with E-state index in [0.29, 0.717) is 10.6 Å². The van der Waals surface area contributed by atoms with Gasteiger partial charge < -0.3 is 0 Å². The van der Waals surface area contributed by atoms with E-state index in [0.717, 1.165) is 0 Å². The second kappa shape index (κ2) is 5.16. The highest BCUT2D eigenvalue weighted by atomic mass is 35.5. The summed E-state index contributed by atoms with van der Waals surface area (Å²) >= 11 is 11.3. The maximum Gasteiger partial charge on any atom is 0.216 e. The van der Waals surface area contributed by atoms with Crippen LogP contribution in [0.4, 0.5) is 0 Å². The van der Waals surface area contributed by atoms with Gasteiger partial charge in [0, 0.05) is 10.9 Å². The van der Waals surface area contributed by atoms with Crippen LogP contribution in [0.2, 0.25) is 5.02 Å². The molecule has 1 atom stereocenters. The molecule has 3 nitrogen and oxygen atoms in total. The van der Waals surface area contributed by atoms with Gasteiger partial charge >= 0.3 is 0 Å². The Hall–Kier alpha value is -0.290. The number of halogens is 2. The molecule has 15 heavy (non-hydrogen) atoms. The summed E-state index contributed by atoms with van der Waals surface area (Å²) in [5.74, 6) is 0.230. The molecule has 0 aromatic heterocycles. The zero-order valence-corrected chi connectivity index (χ0v) is 10.2. The molecule has 0 aliphatic carbocycles. The Morgan fingerprint density at radius 2 is 2.07 bits per heavy atom. The van der Waals surface area contributed by atoms with Crippen molar-refractivity contribution in [3.63, 3.8) is 0 Å². The quantitative estimate of drug-likeness (QED) is 0.852. The summed E-state index contributed by atoms with van der Waals surface area (Å²) in [6.45, 7) is 0. The van der Waals surface area contributed by atoms with Gasteiger partial charge in [-0.1, -0.05) is 23.7 Å². The fourth-order valence-electron chi connectivity index (χ4n) is 1.33. The second-order valence-corrected chi connectivity index (χ2v) is 5.67. The van der Waals surface area contributed by atoms with Crippen molar-refractivity contribution in [2.45, 2.75) is 11.7 Å². The highest BCUT2D eigenvalue weighted by Crippen LogP contribution is 2.26. The Morgan fingerprint density at radius 1 is 1.40 bits per heavy atom. The van der Waals surface area contributed by atoms with Crippen molar-refractivity contribution >= 4 is 33.2 Å². The Labute approximate surface area is 99.2 Å². The van der Waals surface area contributed by atoms with Gasteiger partial charge in [0.25, 0.3) is 0 Å². The molecule has 1 aromatic rings. The number of benzene rings is 1. The summed E-state index contributed by atoms with van der Waals surface area (Å²) in [4.78, 5) is 0. The minimum Gasteiger partial charge on any atom is -0.228 e. The summed E-state index contributed by atoms with van der Waals surface area (Å²) in [5.41, 5.74) is 0.575. The standard InChI is InChI=1S/C9H11Cl2NO2S/c10-5-4-9(15(12,13)14)7-2-1-3-8(11)6-7/h1-3,6,9H,4-5H2,(H2,12,13,14). The van der Waals surface area contributed by atoms with Gasteiger partial charge in [-0.3, -0.25) is 0 Å². The molecular formula is C9H11Cl2NO2S. The van der Waals surface area contributed by atoms with Crippen LogP contribution < -0.4 is 5.14 Å². The lowest BCUT2D eigenvalue weighted by Crippen LogP contribution is -2.22. The van der Waals surface area contributed by atoms with Gasteiger partial charge in [0.05, 0.1) is 0 Å². The number of hydrogen-bond acceptors (Lipinski definition) is 2. The molecule has 0 bridgehead atoms. The lowest BCUT2D eigenvalue weighted by atomic mass is 10.1. The van der Waals surface area contributed by atoms with E-state index in [1.54, 1.807) is 24.3 Å². The molecule has 0 amide bonds. The molecule has 1 rings (SSSR count). The van der Waals surface area contributed by atoms with Gasteiger partial charge in [0.15, 0.2) is 0 Å². The van der Waals surface area contributed by atoms with Crippen LogP contribution in [0.3, 0.4) is 0 Å². The molecule has 1 aromatic carbocycles. The van der Waals surface area contributed by atoms with Crippen LogP contribution in [0, 0.1) is 0 Å². The highest BCUT2D eigenvalue weighted by Gasteiger charge is 2.22. The maximum atomic E-state index is 11.3. The summed E-state index contributed by atoms with van der Waals surface area (Å²) in [6, 6.07) is 6.62. The number of primary sulfonamides is 1. The average molecular weight is 268 g/mol. The largest absolute Gasteiger partial charge is 0.228 e. The Morgan fingerprint density at radius 3 is 2.53 bits per heavy atom. The van der Waals surface area contributed by atoms with Crippen molar-refractivity contribution in [3.8, 4) is 0 Å². The zero-order chi connectivity index (χ0) is 11.5. The maximum absolute atomic E-state index is 11.3.